The fraction of sp³-hybridized carbons (Fsp3) is 0.412. The summed E-state index contributed by atoms with van der Waals surface area (Å²) in [6.07, 6.45) is 9.93. The van der Waals surface area contributed by atoms with Crippen molar-refractivity contribution in [2.24, 2.45) is 0 Å². The molecule has 2 aromatic heterocycles. The maximum absolute atomic E-state index is 5.79. The van der Waals surface area contributed by atoms with E-state index in [9.17, 15) is 0 Å². The number of hydrogen-bond donors (Lipinski definition) is 0. The molecule has 3 aromatic rings. The van der Waals surface area contributed by atoms with Gasteiger partial charge < -0.3 is 4.74 Å². The monoisotopic (exact) mass is 315 g/mol. The second-order valence-electron chi connectivity index (χ2n) is 5.35. The minimum Gasteiger partial charge on any atom is -0.494 e. The number of aromatic nitrogens is 3. The van der Waals surface area contributed by atoms with Gasteiger partial charge in [-0.25, -0.2) is 9.50 Å². The van der Waals surface area contributed by atoms with Gasteiger partial charge in [0.05, 0.1) is 12.8 Å². The molecule has 0 spiro atoms. The highest BCUT2D eigenvalue weighted by Crippen LogP contribution is 2.26. The second kappa shape index (κ2) is 7.40. The van der Waals surface area contributed by atoms with E-state index in [1.807, 2.05) is 18.3 Å². The Morgan fingerprint density at radius 2 is 1.91 bits per heavy atom. The normalized spacial score (nSPS) is 11.1. The molecular formula is C17H21N3OS. The molecular weight excluding hydrogens is 294 g/mol. The number of unbranched alkanes of at least 4 members (excludes halogenated alkanes) is 4. The summed E-state index contributed by atoms with van der Waals surface area (Å²) in [7, 11) is 0. The van der Waals surface area contributed by atoms with Crippen LogP contribution in [0.4, 0.5) is 0 Å². The van der Waals surface area contributed by atoms with E-state index in [1.165, 1.54) is 25.7 Å². The average molecular weight is 315 g/mol. The Morgan fingerprint density at radius 3 is 2.68 bits per heavy atom. The van der Waals surface area contributed by atoms with Gasteiger partial charge in [0.1, 0.15) is 10.8 Å². The molecule has 5 heteroatoms. The Hall–Kier alpha value is -1.88. The largest absolute Gasteiger partial charge is 0.494 e. The van der Waals surface area contributed by atoms with Crippen molar-refractivity contribution in [1.29, 1.82) is 0 Å². The van der Waals surface area contributed by atoms with Crippen molar-refractivity contribution in [1.82, 2.24) is 14.6 Å². The van der Waals surface area contributed by atoms with E-state index in [0.29, 0.717) is 0 Å². The first kappa shape index (κ1) is 15.0. The standard InChI is InChI=1S/C17H21N3OS/c1-2-3-4-5-6-13-21-15-9-7-14(8-10-15)16-19-20-12-11-18-17(20)22-16/h7-12H,2-6,13H2,1H3. The van der Waals surface area contributed by atoms with Crippen molar-refractivity contribution in [2.75, 3.05) is 6.61 Å². The number of nitrogens with zero attached hydrogens (tertiary/aromatic N) is 3. The number of ether oxygens (including phenoxy) is 1. The van der Waals surface area contributed by atoms with Crippen LogP contribution in [0.25, 0.3) is 15.5 Å². The van der Waals surface area contributed by atoms with E-state index in [2.05, 4.69) is 29.1 Å². The van der Waals surface area contributed by atoms with Crippen LogP contribution in [-0.4, -0.2) is 21.2 Å². The number of rotatable bonds is 8. The summed E-state index contributed by atoms with van der Waals surface area (Å²) in [5.74, 6) is 0.931. The molecule has 0 fully saturated rings. The van der Waals surface area contributed by atoms with Crippen LogP contribution in [0.3, 0.4) is 0 Å². The maximum Gasteiger partial charge on any atom is 0.212 e. The SMILES string of the molecule is CCCCCCCOc1ccc(-c2nn3ccnc3s2)cc1. The molecule has 4 nitrogen and oxygen atoms in total. The molecule has 3 rings (SSSR count). The van der Waals surface area contributed by atoms with Crippen LogP contribution in [0.1, 0.15) is 39.0 Å². The quantitative estimate of drug-likeness (QED) is 0.560. The van der Waals surface area contributed by atoms with Crippen LogP contribution in [-0.2, 0) is 0 Å². The van der Waals surface area contributed by atoms with Gasteiger partial charge in [-0.15, -0.1) is 0 Å². The predicted molar refractivity (Wildman–Crippen MR) is 90.6 cm³/mol. The molecule has 0 saturated carbocycles. The molecule has 0 unspecified atom stereocenters. The molecule has 0 amide bonds. The average Bonchev–Trinajstić information content (AvgIpc) is 3.13. The summed E-state index contributed by atoms with van der Waals surface area (Å²) in [4.78, 5) is 5.17. The molecule has 2 heterocycles. The van der Waals surface area contributed by atoms with Crippen molar-refractivity contribution < 1.29 is 4.74 Å². The second-order valence-corrected chi connectivity index (χ2v) is 6.30. The lowest BCUT2D eigenvalue weighted by Gasteiger charge is -2.06. The van der Waals surface area contributed by atoms with Crippen molar-refractivity contribution >= 4 is 16.3 Å². The van der Waals surface area contributed by atoms with Gasteiger partial charge in [0.25, 0.3) is 0 Å². The summed E-state index contributed by atoms with van der Waals surface area (Å²) in [6.45, 7) is 3.03. The predicted octanol–water partition coefficient (Wildman–Crippen LogP) is 4.81. The van der Waals surface area contributed by atoms with Gasteiger partial charge in [-0.2, -0.15) is 5.10 Å². The maximum atomic E-state index is 5.79. The van der Waals surface area contributed by atoms with Gasteiger partial charge in [0.15, 0.2) is 0 Å². The van der Waals surface area contributed by atoms with Crippen LogP contribution in [0.15, 0.2) is 36.7 Å². The fourth-order valence-electron chi connectivity index (χ4n) is 2.34. The third kappa shape index (κ3) is 3.65. The fourth-order valence-corrected chi connectivity index (χ4v) is 3.21. The Bertz CT molecular complexity index is 674. The van der Waals surface area contributed by atoms with Gasteiger partial charge >= 0.3 is 0 Å². The highest BCUT2D eigenvalue weighted by atomic mass is 32.1. The topological polar surface area (TPSA) is 39.4 Å². The minimum absolute atomic E-state index is 0.800. The van der Waals surface area contributed by atoms with Gasteiger partial charge in [0, 0.05) is 11.8 Å². The highest BCUT2D eigenvalue weighted by Gasteiger charge is 2.06. The Balaban J connectivity index is 1.53. The lowest BCUT2D eigenvalue weighted by molar-refractivity contribution is 0.304. The summed E-state index contributed by atoms with van der Waals surface area (Å²) >= 11 is 1.59. The Morgan fingerprint density at radius 1 is 1.09 bits per heavy atom. The van der Waals surface area contributed by atoms with Crippen molar-refractivity contribution in [3.8, 4) is 16.3 Å². The number of imidazole rings is 1. The van der Waals surface area contributed by atoms with Crippen molar-refractivity contribution in [3.63, 3.8) is 0 Å². The molecule has 0 aliphatic carbocycles. The third-order valence-electron chi connectivity index (χ3n) is 3.59. The van der Waals surface area contributed by atoms with Crippen LogP contribution in [0, 0.1) is 0 Å². The first-order valence-electron chi connectivity index (χ1n) is 7.90. The third-order valence-corrected chi connectivity index (χ3v) is 4.58. The molecule has 0 saturated heterocycles. The molecule has 0 atom stereocenters. The molecule has 0 aliphatic rings. The van der Waals surface area contributed by atoms with Crippen LogP contribution in [0.2, 0.25) is 0 Å². The van der Waals surface area contributed by atoms with Gasteiger partial charge in [-0.3, -0.25) is 0 Å². The summed E-state index contributed by atoms with van der Waals surface area (Å²) in [5.41, 5.74) is 1.10. The van der Waals surface area contributed by atoms with Gasteiger partial charge in [-0.05, 0) is 30.7 Å². The highest BCUT2D eigenvalue weighted by molar-refractivity contribution is 7.19. The lowest BCUT2D eigenvalue weighted by atomic mass is 10.2. The number of hydrogen-bond acceptors (Lipinski definition) is 4. The molecule has 1 aromatic carbocycles. The smallest absolute Gasteiger partial charge is 0.212 e. The van der Waals surface area contributed by atoms with Gasteiger partial charge in [0.2, 0.25) is 4.96 Å². The summed E-state index contributed by atoms with van der Waals surface area (Å²) < 4.78 is 7.59. The lowest BCUT2D eigenvalue weighted by Crippen LogP contribution is -1.97. The summed E-state index contributed by atoms with van der Waals surface area (Å²) in [5, 5.41) is 5.49. The zero-order valence-electron chi connectivity index (χ0n) is 12.9. The molecule has 22 heavy (non-hydrogen) atoms. The van der Waals surface area contributed by atoms with Crippen LogP contribution >= 0.6 is 11.3 Å². The van der Waals surface area contributed by atoms with E-state index < -0.39 is 0 Å². The molecule has 116 valence electrons. The van der Waals surface area contributed by atoms with E-state index >= 15 is 0 Å². The zero-order valence-corrected chi connectivity index (χ0v) is 13.7. The number of fused-ring (bicyclic) bond motifs is 1. The molecule has 0 N–H and O–H groups in total. The van der Waals surface area contributed by atoms with Crippen LogP contribution in [0.5, 0.6) is 5.75 Å². The molecule has 0 bridgehead atoms. The van der Waals surface area contributed by atoms with Crippen molar-refractivity contribution in [2.45, 2.75) is 39.0 Å². The van der Waals surface area contributed by atoms with Gasteiger partial charge in [-0.1, -0.05) is 43.9 Å². The first-order valence-corrected chi connectivity index (χ1v) is 8.72. The molecule has 0 radical (unpaired) electrons. The van der Waals surface area contributed by atoms with E-state index in [0.717, 1.165) is 34.3 Å². The molecule has 0 aliphatic heterocycles. The minimum atomic E-state index is 0.800. The van der Waals surface area contributed by atoms with E-state index in [-0.39, 0.29) is 0 Å². The first-order chi connectivity index (χ1) is 10.9. The Labute approximate surface area is 134 Å². The Kier molecular flexibility index (Phi) is 5.06. The van der Waals surface area contributed by atoms with Crippen LogP contribution < -0.4 is 4.74 Å². The van der Waals surface area contributed by atoms with E-state index in [1.54, 1.807) is 22.0 Å². The summed E-state index contributed by atoms with van der Waals surface area (Å²) in [6, 6.07) is 8.16. The van der Waals surface area contributed by atoms with Crippen molar-refractivity contribution in [3.05, 3.63) is 36.7 Å². The number of benzene rings is 1. The zero-order chi connectivity index (χ0) is 15.2. The van der Waals surface area contributed by atoms with E-state index in [4.69, 9.17) is 4.74 Å².